The number of nitrogens with zero attached hydrogens (tertiary/aromatic N) is 3. The Bertz CT molecular complexity index is 1310. The minimum absolute atomic E-state index is 0.00742. The van der Waals surface area contributed by atoms with Gasteiger partial charge in [-0.25, -0.2) is 9.97 Å². The number of aromatic nitrogens is 3. The Morgan fingerprint density at radius 3 is 2.58 bits per heavy atom. The molecule has 1 amide bonds. The van der Waals surface area contributed by atoms with Crippen LogP contribution in [0, 0.1) is 0 Å². The van der Waals surface area contributed by atoms with Crippen molar-refractivity contribution in [2.24, 2.45) is 0 Å². The zero-order valence-corrected chi connectivity index (χ0v) is 17.4. The predicted molar refractivity (Wildman–Crippen MR) is 119 cm³/mol. The molecule has 4 aromatic rings. The lowest BCUT2D eigenvalue weighted by atomic mass is 10.2. The number of hydrogen-bond acceptors (Lipinski definition) is 6. The molecule has 0 aliphatic carbocycles. The zero-order valence-electron chi connectivity index (χ0n) is 17.4. The number of fused-ring (bicyclic) bond motifs is 3. The molecule has 1 aliphatic heterocycles. The number of hydrogen-bond donors (Lipinski definition) is 2. The molecule has 0 saturated heterocycles. The normalized spacial score (nSPS) is 14.0. The van der Waals surface area contributed by atoms with Gasteiger partial charge in [0.2, 0.25) is 0 Å². The van der Waals surface area contributed by atoms with E-state index in [2.05, 4.69) is 5.32 Å². The van der Waals surface area contributed by atoms with Gasteiger partial charge in [0.15, 0.2) is 17.1 Å². The van der Waals surface area contributed by atoms with Gasteiger partial charge in [-0.3, -0.25) is 9.36 Å². The molecule has 8 heteroatoms. The molecular weight excluding hydrogens is 394 g/mol. The first kappa shape index (κ1) is 19.2. The minimum atomic E-state index is -0.266. The van der Waals surface area contributed by atoms with Gasteiger partial charge < -0.3 is 20.5 Å². The van der Waals surface area contributed by atoms with Gasteiger partial charge in [-0.05, 0) is 37.6 Å². The number of carbonyl (C=O) groups is 1. The SMILES string of the molecule is CC[C@@H](C)NC(=O)c1c(N)n(-c2ccc3c(c2)OCCO3)c2nc3ccccc3nc12. The largest absolute Gasteiger partial charge is 0.486 e. The average Bonchev–Trinajstić information content (AvgIpc) is 3.07. The molecule has 2 aromatic carbocycles. The fraction of sp³-hybridized carbons (Fsp3) is 0.261. The fourth-order valence-corrected chi connectivity index (χ4v) is 3.72. The van der Waals surface area contributed by atoms with Gasteiger partial charge in [-0.1, -0.05) is 19.1 Å². The van der Waals surface area contributed by atoms with Crippen LogP contribution in [0.2, 0.25) is 0 Å². The van der Waals surface area contributed by atoms with Crippen molar-refractivity contribution in [3.05, 3.63) is 48.0 Å². The summed E-state index contributed by atoms with van der Waals surface area (Å²) in [6.45, 7) is 4.96. The second kappa shape index (κ2) is 7.46. The van der Waals surface area contributed by atoms with Crippen molar-refractivity contribution in [1.82, 2.24) is 19.9 Å². The molecule has 0 radical (unpaired) electrons. The molecule has 0 spiro atoms. The van der Waals surface area contributed by atoms with Crippen LogP contribution in [0.3, 0.4) is 0 Å². The molecular formula is C23H23N5O3. The lowest BCUT2D eigenvalue weighted by Crippen LogP contribution is -2.32. The second-order valence-corrected chi connectivity index (χ2v) is 7.59. The summed E-state index contributed by atoms with van der Waals surface area (Å²) in [6, 6.07) is 13.1. The van der Waals surface area contributed by atoms with Gasteiger partial charge in [-0.2, -0.15) is 0 Å². The smallest absolute Gasteiger partial charge is 0.257 e. The standard InChI is InChI=1S/C23H23N5O3/c1-3-13(2)25-23(29)19-20-22(27-16-7-5-4-6-15(16)26-20)28(21(19)24)14-8-9-17-18(12-14)31-11-10-30-17/h4-9,12-13H,3,10-11,24H2,1-2H3,(H,25,29)/t13-/m1/s1. The van der Waals surface area contributed by atoms with Crippen molar-refractivity contribution < 1.29 is 14.3 Å². The highest BCUT2D eigenvalue weighted by molar-refractivity contribution is 6.11. The maximum Gasteiger partial charge on any atom is 0.257 e. The third kappa shape index (κ3) is 3.20. The Labute approximate surface area is 179 Å². The summed E-state index contributed by atoms with van der Waals surface area (Å²) in [5.74, 6) is 1.32. The molecule has 1 aliphatic rings. The van der Waals surface area contributed by atoms with E-state index in [1.165, 1.54) is 0 Å². The van der Waals surface area contributed by atoms with Gasteiger partial charge in [-0.15, -0.1) is 0 Å². The third-order valence-corrected chi connectivity index (χ3v) is 5.50. The van der Waals surface area contributed by atoms with Gasteiger partial charge in [0.1, 0.15) is 30.1 Å². The summed E-state index contributed by atoms with van der Waals surface area (Å²) in [5.41, 5.74) is 10.0. The number of nitrogens with one attached hydrogen (secondary N) is 1. The minimum Gasteiger partial charge on any atom is -0.486 e. The number of para-hydroxylation sites is 2. The van der Waals surface area contributed by atoms with E-state index >= 15 is 0 Å². The lowest BCUT2D eigenvalue weighted by Gasteiger charge is -2.19. The highest BCUT2D eigenvalue weighted by Gasteiger charge is 2.26. The maximum atomic E-state index is 13.1. The number of benzene rings is 2. The van der Waals surface area contributed by atoms with Crippen LogP contribution in [0.4, 0.5) is 5.82 Å². The Hall–Kier alpha value is -3.81. The number of amides is 1. The summed E-state index contributed by atoms with van der Waals surface area (Å²) in [4.78, 5) is 22.7. The number of nitrogen functional groups attached to an aromatic ring is 1. The summed E-state index contributed by atoms with van der Waals surface area (Å²) < 4.78 is 13.1. The van der Waals surface area contributed by atoms with Crippen LogP contribution in [0.5, 0.6) is 11.5 Å². The molecule has 3 N–H and O–H groups in total. The zero-order chi connectivity index (χ0) is 21.5. The van der Waals surface area contributed by atoms with E-state index in [1.54, 1.807) is 4.57 Å². The first-order valence-corrected chi connectivity index (χ1v) is 10.3. The molecule has 0 saturated carbocycles. The van der Waals surface area contributed by atoms with Crippen molar-refractivity contribution in [2.75, 3.05) is 18.9 Å². The van der Waals surface area contributed by atoms with Crippen LogP contribution in [-0.2, 0) is 0 Å². The average molecular weight is 417 g/mol. The fourth-order valence-electron chi connectivity index (χ4n) is 3.72. The van der Waals surface area contributed by atoms with Crippen molar-refractivity contribution in [3.63, 3.8) is 0 Å². The van der Waals surface area contributed by atoms with Crippen LogP contribution in [0.1, 0.15) is 30.6 Å². The highest BCUT2D eigenvalue weighted by Crippen LogP contribution is 2.36. The Morgan fingerprint density at radius 2 is 1.84 bits per heavy atom. The Balaban J connectivity index is 1.76. The molecule has 158 valence electrons. The number of ether oxygens (including phenoxy) is 2. The first-order chi connectivity index (χ1) is 15.1. The molecule has 3 heterocycles. The van der Waals surface area contributed by atoms with E-state index in [1.807, 2.05) is 56.3 Å². The number of nitrogens with two attached hydrogens (primary N) is 1. The van der Waals surface area contributed by atoms with E-state index in [4.69, 9.17) is 25.2 Å². The molecule has 0 fully saturated rings. The quantitative estimate of drug-likeness (QED) is 0.527. The summed E-state index contributed by atoms with van der Waals surface area (Å²) in [5, 5.41) is 3.00. The predicted octanol–water partition coefficient (Wildman–Crippen LogP) is 3.46. The van der Waals surface area contributed by atoms with Gasteiger partial charge >= 0.3 is 0 Å². The maximum absolute atomic E-state index is 13.1. The van der Waals surface area contributed by atoms with E-state index in [0.29, 0.717) is 47.0 Å². The molecule has 1 atom stereocenters. The highest BCUT2D eigenvalue weighted by atomic mass is 16.6. The molecule has 0 unspecified atom stereocenters. The van der Waals surface area contributed by atoms with Gasteiger partial charge in [0.25, 0.3) is 5.91 Å². The van der Waals surface area contributed by atoms with E-state index in [0.717, 1.165) is 17.6 Å². The van der Waals surface area contributed by atoms with Crippen LogP contribution < -0.4 is 20.5 Å². The van der Waals surface area contributed by atoms with Crippen LogP contribution in [-0.4, -0.2) is 39.7 Å². The van der Waals surface area contributed by atoms with Crippen molar-refractivity contribution >= 4 is 33.9 Å². The molecule has 2 aromatic heterocycles. The first-order valence-electron chi connectivity index (χ1n) is 10.3. The summed E-state index contributed by atoms with van der Waals surface area (Å²) >= 11 is 0. The third-order valence-electron chi connectivity index (χ3n) is 5.50. The molecule has 5 rings (SSSR count). The number of carbonyl (C=O) groups excluding carboxylic acids is 1. The molecule has 31 heavy (non-hydrogen) atoms. The number of rotatable bonds is 4. The topological polar surface area (TPSA) is 104 Å². The van der Waals surface area contributed by atoms with Crippen molar-refractivity contribution in [3.8, 4) is 17.2 Å². The van der Waals surface area contributed by atoms with Crippen LogP contribution >= 0.6 is 0 Å². The second-order valence-electron chi connectivity index (χ2n) is 7.59. The van der Waals surface area contributed by atoms with Crippen molar-refractivity contribution in [1.29, 1.82) is 0 Å². The van der Waals surface area contributed by atoms with E-state index in [-0.39, 0.29) is 17.8 Å². The van der Waals surface area contributed by atoms with E-state index < -0.39 is 0 Å². The van der Waals surface area contributed by atoms with Gasteiger partial charge in [0.05, 0.1) is 16.7 Å². The number of anilines is 1. The van der Waals surface area contributed by atoms with Crippen molar-refractivity contribution in [2.45, 2.75) is 26.3 Å². The molecule has 0 bridgehead atoms. The van der Waals surface area contributed by atoms with Gasteiger partial charge in [0, 0.05) is 12.1 Å². The molecule has 8 nitrogen and oxygen atoms in total. The monoisotopic (exact) mass is 417 g/mol. The Morgan fingerprint density at radius 1 is 1.13 bits per heavy atom. The summed E-state index contributed by atoms with van der Waals surface area (Å²) in [7, 11) is 0. The van der Waals surface area contributed by atoms with Crippen LogP contribution in [0.15, 0.2) is 42.5 Å². The summed E-state index contributed by atoms with van der Waals surface area (Å²) in [6.07, 6.45) is 0.807. The van der Waals surface area contributed by atoms with Crippen LogP contribution in [0.25, 0.3) is 27.9 Å². The Kier molecular flexibility index (Phi) is 4.62. The lowest BCUT2D eigenvalue weighted by molar-refractivity contribution is 0.0941. The van der Waals surface area contributed by atoms with E-state index in [9.17, 15) is 4.79 Å².